The van der Waals surface area contributed by atoms with Crippen molar-refractivity contribution in [2.75, 3.05) is 26.7 Å². The largest absolute Gasteiger partial charge is 0.399 e. The highest BCUT2D eigenvalue weighted by atomic mass is 19.1. The molecule has 0 aromatic rings. The molecule has 0 heterocycles. The van der Waals surface area contributed by atoms with Crippen molar-refractivity contribution in [2.45, 2.75) is 19.8 Å². The van der Waals surface area contributed by atoms with Gasteiger partial charge in [-0.05, 0) is 25.9 Å². The van der Waals surface area contributed by atoms with Crippen molar-refractivity contribution < 1.29 is 9.18 Å². The lowest BCUT2D eigenvalue weighted by Gasteiger charge is -2.11. The summed E-state index contributed by atoms with van der Waals surface area (Å²) in [7, 11) is 1.46. The number of nitrogens with one attached hydrogen (secondary N) is 1. The number of amides is 1. The Labute approximate surface area is 72.9 Å². The Morgan fingerprint density at radius 3 is 2.67 bits per heavy atom. The Morgan fingerprint density at radius 1 is 1.50 bits per heavy atom. The zero-order valence-corrected chi connectivity index (χ0v) is 7.77. The molecule has 0 spiro atoms. The number of nitrogens with zero attached hydrogens (tertiary/aromatic N) is 1. The number of carbonyl (C=O) groups is 1. The number of rotatable bonds is 6. The van der Waals surface area contributed by atoms with Crippen LogP contribution in [0.2, 0.25) is 0 Å². The van der Waals surface area contributed by atoms with Gasteiger partial charge in [-0.1, -0.05) is 6.92 Å². The van der Waals surface area contributed by atoms with Crippen LogP contribution in [0.25, 0.3) is 0 Å². The molecule has 0 aliphatic carbocycles. The lowest BCUT2D eigenvalue weighted by Crippen LogP contribution is -2.26. The minimum atomic E-state index is -1.36. The Bertz CT molecular complexity index is 130. The molecule has 0 fully saturated rings. The second-order valence-corrected chi connectivity index (χ2v) is 2.78. The quantitative estimate of drug-likeness (QED) is 0.377. The van der Waals surface area contributed by atoms with Crippen molar-refractivity contribution in [3.63, 3.8) is 0 Å². The van der Waals surface area contributed by atoms with Gasteiger partial charge in [-0.25, -0.2) is 4.79 Å². The monoisotopic (exact) mass is 176 g/mol. The van der Waals surface area contributed by atoms with Gasteiger partial charge < -0.3 is 10.2 Å². The average molecular weight is 176 g/mol. The third-order valence-corrected chi connectivity index (χ3v) is 1.57. The molecule has 0 aliphatic heterocycles. The summed E-state index contributed by atoms with van der Waals surface area (Å²) in [6.45, 7) is 4.38. The predicted molar refractivity (Wildman–Crippen MR) is 46.9 cm³/mol. The summed E-state index contributed by atoms with van der Waals surface area (Å²) in [5, 5.41) is 3.17. The minimum Gasteiger partial charge on any atom is -0.318 e. The first-order valence-corrected chi connectivity index (χ1v) is 4.29. The van der Waals surface area contributed by atoms with Crippen LogP contribution in [0.3, 0.4) is 0 Å². The highest BCUT2D eigenvalue weighted by Gasteiger charge is 2.03. The van der Waals surface area contributed by atoms with Crippen LogP contribution in [-0.4, -0.2) is 37.7 Å². The highest BCUT2D eigenvalue weighted by Crippen LogP contribution is 1.90. The first-order chi connectivity index (χ1) is 5.68. The van der Waals surface area contributed by atoms with Crippen LogP contribution in [0.5, 0.6) is 0 Å². The molecule has 0 aliphatic rings. The first-order valence-electron chi connectivity index (χ1n) is 4.29. The van der Waals surface area contributed by atoms with Crippen LogP contribution in [0.1, 0.15) is 19.8 Å². The molecule has 12 heavy (non-hydrogen) atoms. The zero-order chi connectivity index (χ0) is 9.40. The van der Waals surface area contributed by atoms with Gasteiger partial charge in [0.25, 0.3) is 0 Å². The molecule has 0 saturated heterocycles. The molecular formula is C8H17FN2O. The van der Waals surface area contributed by atoms with E-state index in [0.717, 1.165) is 30.8 Å². The van der Waals surface area contributed by atoms with Gasteiger partial charge in [0.05, 0.1) is 0 Å². The molecular weight excluding hydrogens is 159 g/mol. The summed E-state index contributed by atoms with van der Waals surface area (Å²) in [6, 6.07) is 0. The van der Waals surface area contributed by atoms with Crippen LogP contribution in [0, 0.1) is 0 Å². The molecule has 0 aromatic heterocycles. The average Bonchev–Trinajstić information content (AvgIpc) is 2.03. The van der Waals surface area contributed by atoms with Gasteiger partial charge in [0.2, 0.25) is 0 Å². The third-order valence-electron chi connectivity index (χ3n) is 1.57. The van der Waals surface area contributed by atoms with Crippen molar-refractivity contribution >= 4 is 6.16 Å². The van der Waals surface area contributed by atoms with Crippen molar-refractivity contribution in [3.05, 3.63) is 0 Å². The fourth-order valence-corrected chi connectivity index (χ4v) is 0.831. The Hall–Kier alpha value is -0.640. The van der Waals surface area contributed by atoms with E-state index in [9.17, 15) is 9.18 Å². The second kappa shape index (κ2) is 7.03. The molecule has 0 saturated carbocycles. The lowest BCUT2D eigenvalue weighted by atomic mass is 10.4. The van der Waals surface area contributed by atoms with Crippen LogP contribution < -0.4 is 5.32 Å². The topological polar surface area (TPSA) is 32.3 Å². The van der Waals surface area contributed by atoms with Crippen molar-refractivity contribution in [1.29, 1.82) is 0 Å². The maximum Gasteiger partial charge on any atom is 0.399 e. The fraction of sp³-hybridized carbons (Fsp3) is 0.875. The van der Waals surface area contributed by atoms with Crippen LogP contribution in [0.15, 0.2) is 0 Å². The standard InChI is InChI=1S/C8H17FN2O/c1-3-5-10-6-4-7-11(2)8(9)12/h10H,3-7H2,1-2H3. The van der Waals surface area contributed by atoms with Gasteiger partial charge in [0, 0.05) is 13.6 Å². The molecule has 0 radical (unpaired) electrons. The maximum absolute atomic E-state index is 11.9. The minimum absolute atomic E-state index is 0.478. The van der Waals surface area contributed by atoms with Crippen molar-refractivity contribution in [3.8, 4) is 0 Å². The molecule has 3 nitrogen and oxygen atoms in total. The molecule has 0 unspecified atom stereocenters. The number of carbonyl (C=O) groups excluding carboxylic acids is 1. The van der Waals surface area contributed by atoms with E-state index < -0.39 is 6.16 Å². The van der Waals surface area contributed by atoms with E-state index in [4.69, 9.17) is 0 Å². The van der Waals surface area contributed by atoms with Crippen molar-refractivity contribution in [2.24, 2.45) is 0 Å². The van der Waals surface area contributed by atoms with Gasteiger partial charge >= 0.3 is 6.16 Å². The second-order valence-electron chi connectivity index (χ2n) is 2.78. The molecule has 4 heteroatoms. The normalized spacial score (nSPS) is 9.92. The third kappa shape index (κ3) is 6.09. The molecule has 0 bridgehead atoms. The van der Waals surface area contributed by atoms with Gasteiger partial charge in [-0.15, -0.1) is 4.39 Å². The van der Waals surface area contributed by atoms with E-state index >= 15 is 0 Å². The zero-order valence-electron chi connectivity index (χ0n) is 7.77. The Kier molecular flexibility index (Phi) is 6.66. The number of hydrogen-bond donors (Lipinski definition) is 1. The Morgan fingerprint density at radius 2 is 2.17 bits per heavy atom. The van der Waals surface area contributed by atoms with Gasteiger partial charge in [0.15, 0.2) is 0 Å². The van der Waals surface area contributed by atoms with E-state index in [1.165, 1.54) is 7.05 Å². The van der Waals surface area contributed by atoms with E-state index in [1.807, 2.05) is 0 Å². The summed E-state index contributed by atoms with van der Waals surface area (Å²) in [4.78, 5) is 11.2. The lowest BCUT2D eigenvalue weighted by molar-refractivity contribution is 0.185. The molecule has 1 amide bonds. The molecule has 1 N–H and O–H groups in total. The first kappa shape index (κ1) is 11.4. The summed E-state index contributed by atoms with van der Waals surface area (Å²) in [6.07, 6.45) is 0.537. The van der Waals surface area contributed by atoms with Crippen LogP contribution in [-0.2, 0) is 0 Å². The van der Waals surface area contributed by atoms with E-state index in [1.54, 1.807) is 0 Å². The van der Waals surface area contributed by atoms with Crippen LogP contribution >= 0.6 is 0 Å². The smallest absolute Gasteiger partial charge is 0.318 e. The summed E-state index contributed by atoms with van der Waals surface area (Å²) >= 11 is 0. The van der Waals surface area contributed by atoms with E-state index in [0.29, 0.717) is 6.54 Å². The summed E-state index contributed by atoms with van der Waals surface area (Å²) < 4.78 is 11.9. The van der Waals surface area contributed by atoms with Gasteiger partial charge in [0.1, 0.15) is 0 Å². The molecule has 0 aromatic carbocycles. The predicted octanol–water partition coefficient (Wildman–Crippen LogP) is 1.40. The number of halogens is 1. The highest BCUT2D eigenvalue weighted by molar-refractivity contribution is 5.65. The van der Waals surface area contributed by atoms with Crippen molar-refractivity contribution in [1.82, 2.24) is 10.2 Å². The van der Waals surface area contributed by atoms with Gasteiger partial charge in [-0.2, -0.15) is 0 Å². The molecule has 0 atom stereocenters. The maximum atomic E-state index is 11.9. The summed E-state index contributed by atoms with van der Waals surface area (Å²) in [5.74, 6) is 0. The van der Waals surface area contributed by atoms with E-state index in [-0.39, 0.29) is 0 Å². The number of hydrogen-bond acceptors (Lipinski definition) is 2. The molecule has 72 valence electrons. The Balaban J connectivity index is 3.14. The summed E-state index contributed by atoms with van der Waals surface area (Å²) in [5.41, 5.74) is 0. The molecule has 0 rings (SSSR count). The van der Waals surface area contributed by atoms with E-state index in [2.05, 4.69) is 12.2 Å². The van der Waals surface area contributed by atoms with Gasteiger partial charge in [-0.3, -0.25) is 0 Å². The fourth-order valence-electron chi connectivity index (χ4n) is 0.831. The van der Waals surface area contributed by atoms with Crippen LogP contribution in [0.4, 0.5) is 9.18 Å². The SMILES string of the molecule is CCCNCCCN(C)C(=O)F.